The maximum Gasteiger partial charge on any atom is 0.290 e. The van der Waals surface area contributed by atoms with E-state index in [9.17, 15) is 9.59 Å². The minimum absolute atomic E-state index is 0.00185. The van der Waals surface area contributed by atoms with Crippen molar-refractivity contribution in [2.75, 3.05) is 13.7 Å². The van der Waals surface area contributed by atoms with Crippen LogP contribution in [-0.2, 0) is 17.9 Å². The van der Waals surface area contributed by atoms with E-state index in [0.29, 0.717) is 13.1 Å². The standard InChI is InChI=1S/C27H35N3O4/c1-6-21(4)30(26(31)19-29(20(2)3)27(32)25-13-9-15-34-25)18-23-11-8-14-28(23)17-22-10-7-12-24(16-22)33-5/h7-16,20-21H,6,17-19H2,1-5H3. The van der Waals surface area contributed by atoms with Crippen LogP contribution in [0.2, 0.25) is 0 Å². The molecule has 0 saturated carbocycles. The fraction of sp³-hybridized carbons (Fsp3) is 0.407. The second kappa shape index (κ2) is 11.6. The van der Waals surface area contributed by atoms with Crippen LogP contribution in [-0.4, -0.2) is 51.9 Å². The summed E-state index contributed by atoms with van der Waals surface area (Å²) in [7, 11) is 1.66. The molecule has 2 aromatic heterocycles. The Morgan fingerprint density at radius 3 is 2.50 bits per heavy atom. The second-order valence-electron chi connectivity index (χ2n) is 8.76. The van der Waals surface area contributed by atoms with Gasteiger partial charge in [0.25, 0.3) is 5.91 Å². The summed E-state index contributed by atoms with van der Waals surface area (Å²) in [4.78, 5) is 29.8. The molecule has 0 aliphatic carbocycles. The Kier molecular flexibility index (Phi) is 8.57. The molecule has 34 heavy (non-hydrogen) atoms. The highest BCUT2D eigenvalue weighted by Gasteiger charge is 2.28. The number of rotatable bonds is 11. The molecule has 1 unspecified atom stereocenters. The number of benzene rings is 1. The van der Waals surface area contributed by atoms with Crippen LogP contribution in [0.25, 0.3) is 0 Å². The van der Waals surface area contributed by atoms with Crippen LogP contribution in [0.5, 0.6) is 5.75 Å². The summed E-state index contributed by atoms with van der Waals surface area (Å²) < 4.78 is 12.8. The molecule has 1 aromatic carbocycles. The van der Waals surface area contributed by atoms with Gasteiger partial charge in [-0.25, -0.2) is 0 Å². The third kappa shape index (κ3) is 6.10. The van der Waals surface area contributed by atoms with Gasteiger partial charge in [0.15, 0.2) is 5.76 Å². The summed E-state index contributed by atoms with van der Waals surface area (Å²) in [6.07, 6.45) is 4.31. The molecule has 7 nitrogen and oxygen atoms in total. The number of aromatic nitrogens is 1. The van der Waals surface area contributed by atoms with Gasteiger partial charge in [-0.05, 0) is 69.2 Å². The van der Waals surface area contributed by atoms with E-state index in [1.807, 2.05) is 62.2 Å². The van der Waals surface area contributed by atoms with E-state index in [-0.39, 0.29) is 36.2 Å². The first-order chi connectivity index (χ1) is 16.3. The number of hydrogen-bond donors (Lipinski definition) is 0. The zero-order chi connectivity index (χ0) is 24.7. The Bertz CT molecular complexity index is 1070. The quantitative estimate of drug-likeness (QED) is 0.407. The van der Waals surface area contributed by atoms with E-state index in [2.05, 4.69) is 17.6 Å². The molecular formula is C27H35N3O4. The zero-order valence-electron chi connectivity index (χ0n) is 20.7. The Labute approximate surface area is 201 Å². The molecule has 1 atom stereocenters. The molecule has 0 saturated heterocycles. The first kappa shape index (κ1) is 25.1. The number of ether oxygens (including phenoxy) is 1. The van der Waals surface area contributed by atoms with E-state index < -0.39 is 0 Å². The molecule has 7 heteroatoms. The van der Waals surface area contributed by atoms with Gasteiger partial charge in [0.05, 0.1) is 19.9 Å². The molecule has 3 rings (SSSR count). The van der Waals surface area contributed by atoms with Crippen molar-refractivity contribution < 1.29 is 18.7 Å². The van der Waals surface area contributed by atoms with E-state index in [1.54, 1.807) is 24.1 Å². The van der Waals surface area contributed by atoms with Crippen molar-refractivity contribution in [1.82, 2.24) is 14.4 Å². The van der Waals surface area contributed by atoms with Gasteiger partial charge in [0.2, 0.25) is 5.91 Å². The highest BCUT2D eigenvalue weighted by Crippen LogP contribution is 2.18. The molecule has 2 heterocycles. The predicted octanol–water partition coefficient (Wildman–Crippen LogP) is 4.82. The zero-order valence-corrected chi connectivity index (χ0v) is 20.7. The van der Waals surface area contributed by atoms with Gasteiger partial charge in [-0.1, -0.05) is 19.1 Å². The smallest absolute Gasteiger partial charge is 0.290 e. The lowest BCUT2D eigenvalue weighted by Gasteiger charge is -2.33. The topological polar surface area (TPSA) is 67.9 Å². The lowest BCUT2D eigenvalue weighted by molar-refractivity contribution is -0.135. The molecule has 0 radical (unpaired) electrons. The van der Waals surface area contributed by atoms with Crippen LogP contribution >= 0.6 is 0 Å². The third-order valence-electron chi connectivity index (χ3n) is 6.11. The van der Waals surface area contributed by atoms with Gasteiger partial charge >= 0.3 is 0 Å². The Morgan fingerprint density at radius 1 is 1.06 bits per heavy atom. The van der Waals surface area contributed by atoms with Crippen LogP contribution < -0.4 is 4.74 Å². The SMILES string of the molecule is CCC(C)N(Cc1cccn1Cc1cccc(OC)c1)C(=O)CN(C(=O)c1ccco1)C(C)C. The van der Waals surface area contributed by atoms with Crippen LogP contribution in [0.4, 0.5) is 0 Å². The van der Waals surface area contributed by atoms with Crippen molar-refractivity contribution >= 4 is 11.8 Å². The van der Waals surface area contributed by atoms with Gasteiger partial charge in [0, 0.05) is 30.5 Å². The minimum Gasteiger partial charge on any atom is -0.497 e. The van der Waals surface area contributed by atoms with Crippen molar-refractivity contribution in [2.24, 2.45) is 0 Å². The third-order valence-corrected chi connectivity index (χ3v) is 6.11. The average Bonchev–Trinajstić information content (AvgIpc) is 3.52. The van der Waals surface area contributed by atoms with E-state index >= 15 is 0 Å². The van der Waals surface area contributed by atoms with Gasteiger partial charge in [-0.3, -0.25) is 9.59 Å². The highest BCUT2D eigenvalue weighted by atomic mass is 16.5. The normalized spacial score (nSPS) is 11.9. The Hall–Kier alpha value is -3.48. The molecule has 3 aromatic rings. The van der Waals surface area contributed by atoms with Gasteiger partial charge in [-0.2, -0.15) is 0 Å². The maximum absolute atomic E-state index is 13.5. The summed E-state index contributed by atoms with van der Waals surface area (Å²) in [6, 6.07) is 15.2. The lowest BCUT2D eigenvalue weighted by Crippen LogP contribution is -2.48. The number of amides is 2. The number of carbonyl (C=O) groups is 2. The molecule has 0 aliphatic heterocycles. The fourth-order valence-electron chi connectivity index (χ4n) is 3.87. The van der Waals surface area contributed by atoms with E-state index in [4.69, 9.17) is 9.15 Å². The van der Waals surface area contributed by atoms with Crippen LogP contribution in [0.1, 0.15) is 55.9 Å². The van der Waals surface area contributed by atoms with Gasteiger partial charge in [0.1, 0.15) is 12.3 Å². The highest BCUT2D eigenvalue weighted by molar-refractivity contribution is 5.94. The van der Waals surface area contributed by atoms with Crippen molar-refractivity contribution in [3.05, 3.63) is 78.0 Å². The van der Waals surface area contributed by atoms with E-state index in [0.717, 1.165) is 23.4 Å². The number of nitrogens with zero attached hydrogens (tertiary/aromatic N) is 3. The summed E-state index contributed by atoms with van der Waals surface area (Å²) in [5.74, 6) is 0.692. The Balaban J connectivity index is 1.78. The van der Waals surface area contributed by atoms with Crippen molar-refractivity contribution in [2.45, 2.75) is 59.3 Å². The molecular weight excluding hydrogens is 430 g/mol. The second-order valence-corrected chi connectivity index (χ2v) is 8.76. The number of hydrogen-bond acceptors (Lipinski definition) is 4. The largest absolute Gasteiger partial charge is 0.497 e. The summed E-state index contributed by atoms with van der Waals surface area (Å²) in [5, 5.41) is 0. The van der Waals surface area contributed by atoms with Gasteiger partial charge in [-0.15, -0.1) is 0 Å². The molecule has 182 valence electrons. The molecule has 0 N–H and O–H groups in total. The van der Waals surface area contributed by atoms with Crippen LogP contribution in [0.3, 0.4) is 0 Å². The molecule has 0 bridgehead atoms. The lowest BCUT2D eigenvalue weighted by atomic mass is 10.2. The minimum atomic E-state index is -0.279. The van der Waals surface area contributed by atoms with Crippen molar-refractivity contribution in [1.29, 1.82) is 0 Å². The number of carbonyl (C=O) groups excluding carboxylic acids is 2. The first-order valence-electron chi connectivity index (χ1n) is 11.7. The summed E-state index contributed by atoms with van der Waals surface area (Å²) in [6.45, 7) is 9.05. The number of methoxy groups -OCH3 is 1. The fourth-order valence-corrected chi connectivity index (χ4v) is 3.87. The number of furan rings is 1. The average molecular weight is 466 g/mol. The maximum atomic E-state index is 13.5. The molecule has 0 aliphatic rings. The van der Waals surface area contributed by atoms with Crippen molar-refractivity contribution in [3.8, 4) is 5.75 Å². The van der Waals surface area contributed by atoms with Crippen molar-refractivity contribution in [3.63, 3.8) is 0 Å². The molecule has 0 fully saturated rings. The first-order valence-corrected chi connectivity index (χ1v) is 11.7. The summed E-state index contributed by atoms with van der Waals surface area (Å²) >= 11 is 0. The summed E-state index contributed by atoms with van der Waals surface area (Å²) in [5.41, 5.74) is 2.15. The predicted molar refractivity (Wildman–Crippen MR) is 132 cm³/mol. The Morgan fingerprint density at radius 2 is 1.85 bits per heavy atom. The monoisotopic (exact) mass is 465 g/mol. The van der Waals surface area contributed by atoms with Crippen LogP contribution in [0, 0.1) is 0 Å². The molecule has 0 spiro atoms. The van der Waals surface area contributed by atoms with Crippen LogP contribution in [0.15, 0.2) is 65.4 Å². The van der Waals surface area contributed by atoms with Gasteiger partial charge < -0.3 is 23.5 Å². The van der Waals surface area contributed by atoms with E-state index in [1.165, 1.54) is 6.26 Å². The molecule has 2 amide bonds.